The molecule has 0 spiro atoms. The predicted molar refractivity (Wildman–Crippen MR) is 73.5 cm³/mol. The number of pyridine rings is 1. The van der Waals surface area contributed by atoms with Crippen LogP contribution in [-0.2, 0) is 6.54 Å². The third-order valence-corrected chi connectivity index (χ3v) is 2.84. The maximum atomic E-state index is 13.0. The molecular weight excluding hydrogens is 301 g/mol. The van der Waals surface area contributed by atoms with E-state index in [4.69, 9.17) is 11.6 Å². The van der Waals surface area contributed by atoms with Crippen LogP contribution < -0.4 is 5.32 Å². The Labute approximate surface area is 123 Å². The lowest BCUT2D eigenvalue weighted by Gasteiger charge is -2.06. The summed E-state index contributed by atoms with van der Waals surface area (Å²) in [4.78, 5) is 25.7. The fourth-order valence-electron chi connectivity index (χ4n) is 1.67. The van der Waals surface area contributed by atoms with E-state index in [0.29, 0.717) is 5.56 Å². The summed E-state index contributed by atoms with van der Waals surface area (Å²) in [6, 6.07) is 6.77. The third kappa shape index (κ3) is 3.73. The van der Waals surface area contributed by atoms with E-state index in [1.165, 1.54) is 18.2 Å². The molecule has 1 heterocycles. The number of rotatable bonds is 4. The van der Waals surface area contributed by atoms with Crippen molar-refractivity contribution >= 4 is 23.2 Å². The zero-order chi connectivity index (χ0) is 15.4. The van der Waals surface area contributed by atoms with E-state index in [1.54, 1.807) is 6.07 Å². The van der Waals surface area contributed by atoms with Crippen molar-refractivity contribution in [2.75, 3.05) is 0 Å². The lowest BCUT2D eigenvalue weighted by atomic mass is 10.2. The van der Waals surface area contributed by atoms with Gasteiger partial charge in [-0.15, -0.1) is 0 Å². The SMILES string of the molecule is O=C(NCc1cccc(F)c1)c1cc(Cl)ncc1[N+](=O)[O-]. The molecule has 1 aromatic carbocycles. The lowest BCUT2D eigenvalue weighted by Crippen LogP contribution is -2.23. The second kappa shape index (κ2) is 6.27. The minimum absolute atomic E-state index is 0.0310. The number of hydrogen-bond donors (Lipinski definition) is 1. The quantitative estimate of drug-likeness (QED) is 0.534. The number of carbonyl (C=O) groups is 1. The van der Waals surface area contributed by atoms with Crippen LogP contribution in [0.3, 0.4) is 0 Å². The molecule has 0 atom stereocenters. The Bertz CT molecular complexity index is 709. The molecule has 0 aliphatic carbocycles. The van der Waals surface area contributed by atoms with E-state index < -0.39 is 22.3 Å². The summed E-state index contributed by atoms with van der Waals surface area (Å²) in [6.45, 7) is 0.0354. The molecule has 2 rings (SSSR count). The van der Waals surface area contributed by atoms with Crippen LogP contribution in [-0.4, -0.2) is 15.8 Å². The van der Waals surface area contributed by atoms with Crippen molar-refractivity contribution in [3.63, 3.8) is 0 Å². The van der Waals surface area contributed by atoms with Gasteiger partial charge >= 0.3 is 0 Å². The highest BCUT2D eigenvalue weighted by Crippen LogP contribution is 2.20. The molecule has 0 aliphatic heterocycles. The smallest absolute Gasteiger partial charge is 0.300 e. The van der Waals surface area contributed by atoms with Gasteiger partial charge < -0.3 is 5.32 Å². The van der Waals surface area contributed by atoms with Crippen molar-refractivity contribution in [1.29, 1.82) is 0 Å². The minimum Gasteiger partial charge on any atom is -0.348 e. The highest BCUT2D eigenvalue weighted by molar-refractivity contribution is 6.29. The van der Waals surface area contributed by atoms with Gasteiger partial charge in [-0.2, -0.15) is 0 Å². The Hall–Kier alpha value is -2.54. The van der Waals surface area contributed by atoms with Crippen LogP contribution in [0, 0.1) is 15.9 Å². The van der Waals surface area contributed by atoms with E-state index in [2.05, 4.69) is 10.3 Å². The summed E-state index contributed by atoms with van der Waals surface area (Å²) < 4.78 is 13.0. The van der Waals surface area contributed by atoms with Gasteiger partial charge in [0.15, 0.2) is 0 Å². The molecular formula is C13H9ClFN3O3. The van der Waals surface area contributed by atoms with Gasteiger partial charge in [-0.1, -0.05) is 23.7 Å². The van der Waals surface area contributed by atoms with E-state index in [9.17, 15) is 19.3 Å². The number of nitrogens with one attached hydrogen (secondary N) is 1. The van der Waals surface area contributed by atoms with Gasteiger partial charge in [-0.25, -0.2) is 9.37 Å². The Morgan fingerprint density at radius 3 is 2.86 bits per heavy atom. The Kier molecular flexibility index (Phi) is 4.44. The Morgan fingerprint density at radius 1 is 1.43 bits per heavy atom. The summed E-state index contributed by atoms with van der Waals surface area (Å²) >= 11 is 5.64. The Balaban J connectivity index is 2.17. The molecule has 2 aromatic rings. The summed E-state index contributed by atoms with van der Waals surface area (Å²) in [5.41, 5.74) is -0.112. The van der Waals surface area contributed by atoms with Crippen molar-refractivity contribution in [3.8, 4) is 0 Å². The van der Waals surface area contributed by atoms with Gasteiger partial charge in [0.25, 0.3) is 11.6 Å². The number of carbonyl (C=O) groups excluding carboxylic acids is 1. The first-order valence-corrected chi connectivity index (χ1v) is 6.18. The molecule has 0 bridgehead atoms. The fourth-order valence-corrected chi connectivity index (χ4v) is 1.83. The monoisotopic (exact) mass is 309 g/mol. The van der Waals surface area contributed by atoms with Gasteiger partial charge in [0.1, 0.15) is 22.7 Å². The van der Waals surface area contributed by atoms with E-state index >= 15 is 0 Å². The number of halogens is 2. The van der Waals surface area contributed by atoms with Crippen LogP contribution in [0.15, 0.2) is 36.5 Å². The van der Waals surface area contributed by atoms with Crippen molar-refractivity contribution in [2.45, 2.75) is 6.54 Å². The van der Waals surface area contributed by atoms with Gasteiger partial charge in [-0.05, 0) is 23.8 Å². The molecule has 0 saturated carbocycles. The maximum Gasteiger partial charge on any atom is 0.300 e. The Morgan fingerprint density at radius 2 is 2.19 bits per heavy atom. The zero-order valence-corrected chi connectivity index (χ0v) is 11.3. The molecule has 0 unspecified atom stereocenters. The summed E-state index contributed by atoms with van der Waals surface area (Å²) in [5, 5.41) is 13.3. The molecule has 1 N–H and O–H groups in total. The average Bonchev–Trinajstić information content (AvgIpc) is 2.44. The van der Waals surface area contributed by atoms with E-state index in [1.807, 2.05) is 0 Å². The van der Waals surface area contributed by atoms with Crippen LogP contribution in [0.4, 0.5) is 10.1 Å². The number of aromatic nitrogens is 1. The maximum absolute atomic E-state index is 13.0. The predicted octanol–water partition coefficient (Wildman–Crippen LogP) is 2.71. The van der Waals surface area contributed by atoms with Crippen molar-refractivity contribution in [3.05, 3.63) is 68.7 Å². The number of benzene rings is 1. The first-order valence-electron chi connectivity index (χ1n) is 5.80. The van der Waals surface area contributed by atoms with Gasteiger partial charge in [0.05, 0.1) is 4.92 Å². The molecule has 0 fully saturated rings. The van der Waals surface area contributed by atoms with Crippen LogP contribution >= 0.6 is 11.6 Å². The second-order valence-electron chi connectivity index (χ2n) is 4.09. The zero-order valence-electron chi connectivity index (χ0n) is 10.5. The molecule has 1 amide bonds. The molecule has 6 nitrogen and oxygen atoms in total. The van der Waals surface area contributed by atoms with Crippen LogP contribution in [0.2, 0.25) is 5.15 Å². The highest BCUT2D eigenvalue weighted by atomic mass is 35.5. The van der Waals surface area contributed by atoms with E-state index in [0.717, 1.165) is 12.3 Å². The second-order valence-corrected chi connectivity index (χ2v) is 4.48. The normalized spacial score (nSPS) is 10.2. The standard InChI is InChI=1S/C13H9ClFN3O3/c14-12-5-10(11(7-16-12)18(20)21)13(19)17-6-8-2-1-3-9(15)4-8/h1-5,7H,6H2,(H,17,19). The minimum atomic E-state index is -0.722. The first-order chi connectivity index (χ1) is 9.97. The van der Waals surface area contributed by atoms with Crippen LogP contribution in [0.25, 0.3) is 0 Å². The highest BCUT2D eigenvalue weighted by Gasteiger charge is 2.21. The van der Waals surface area contributed by atoms with Gasteiger partial charge in [-0.3, -0.25) is 14.9 Å². The first kappa shape index (κ1) is 14.9. The van der Waals surface area contributed by atoms with Crippen molar-refractivity contribution in [2.24, 2.45) is 0 Å². The fraction of sp³-hybridized carbons (Fsp3) is 0.0769. The summed E-state index contributed by atoms with van der Waals surface area (Å²) in [7, 11) is 0. The van der Waals surface area contributed by atoms with Crippen molar-refractivity contribution in [1.82, 2.24) is 10.3 Å². The molecule has 108 valence electrons. The molecule has 1 aromatic heterocycles. The third-order valence-electron chi connectivity index (χ3n) is 2.63. The number of nitro groups is 1. The molecule has 21 heavy (non-hydrogen) atoms. The molecule has 8 heteroatoms. The largest absolute Gasteiger partial charge is 0.348 e. The van der Waals surface area contributed by atoms with E-state index in [-0.39, 0.29) is 17.3 Å². The summed E-state index contributed by atoms with van der Waals surface area (Å²) in [6.07, 6.45) is 0.916. The van der Waals surface area contributed by atoms with Gasteiger partial charge in [0.2, 0.25) is 0 Å². The average molecular weight is 310 g/mol. The molecule has 0 radical (unpaired) electrons. The molecule has 0 aliphatic rings. The van der Waals surface area contributed by atoms with Crippen molar-refractivity contribution < 1.29 is 14.1 Å². The number of amides is 1. The number of nitrogens with zero attached hydrogens (tertiary/aromatic N) is 2. The van der Waals surface area contributed by atoms with Gasteiger partial charge in [0, 0.05) is 6.54 Å². The van der Waals surface area contributed by atoms with Crippen LogP contribution in [0.5, 0.6) is 0 Å². The topological polar surface area (TPSA) is 85.1 Å². The summed E-state index contributed by atoms with van der Waals surface area (Å²) in [5.74, 6) is -1.12. The molecule has 0 saturated heterocycles. The number of hydrogen-bond acceptors (Lipinski definition) is 4. The van der Waals surface area contributed by atoms with Crippen LogP contribution in [0.1, 0.15) is 15.9 Å². The lowest BCUT2D eigenvalue weighted by molar-refractivity contribution is -0.385.